The van der Waals surface area contributed by atoms with E-state index >= 15 is 0 Å². The van der Waals surface area contributed by atoms with Crippen molar-refractivity contribution in [2.45, 2.75) is 193 Å². The topological polar surface area (TPSA) is 87.6 Å². The van der Waals surface area contributed by atoms with Gasteiger partial charge in [0.25, 0.3) is 0 Å². The maximum atomic E-state index is 12.0. The van der Waals surface area contributed by atoms with Gasteiger partial charge in [-0.05, 0) is 12.8 Å². The molecule has 228 valence electrons. The molecule has 0 radical (unpaired) electrons. The third-order valence-electron chi connectivity index (χ3n) is 7.64. The number of rotatable bonds is 32. The lowest BCUT2D eigenvalue weighted by Crippen LogP contribution is -2.26. The summed E-state index contributed by atoms with van der Waals surface area (Å²) in [7, 11) is -2.13. The first-order valence-corrected chi connectivity index (χ1v) is 17.9. The molecular weight excluding hydrogens is 491 g/mol. The molecule has 0 bridgehead atoms. The van der Waals surface area contributed by atoms with Gasteiger partial charge >= 0.3 is 8.25 Å². The molecule has 0 aliphatic heterocycles. The monoisotopic (exact) mass is 559 g/mol. The summed E-state index contributed by atoms with van der Waals surface area (Å²) in [6, 6.07) is -0.147. The summed E-state index contributed by atoms with van der Waals surface area (Å²) in [6.07, 6.45) is 34.0. The van der Waals surface area contributed by atoms with Crippen LogP contribution in [0.3, 0.4) is 0 Å². The lowest BCUT2D eigenvalue weighted by molar-refractivity contribution is 0.200. The van der Waals surface area contributed by atoms with Crippen LogP contribution in [0.25, 0.3) is 0 Å². The maximum Gasteiger partial charge on any atom is 0.697 e. The van der Waals surface area contributed by atoms with Crippen molar-refractivity contribution < 1.29 is 13.6 Å². The van der Waals surface area contributed by atoms with Gasteiger partial charge in [0, 0.05) is 16.6 Å². The van der Waals surface area contributed by atoms with Gasteiger partial charge in [0.05, 0.1) is 0 Å². The fourth-order valence-corrected chi connectivity index (χ4v) is 5.71. The van der Waals surface area contributed by atoms with Crippen molar-refractivity contribution in [1.82, 2.24) is 0 Å². The SMILES string of the molecule is CCCCCCCCCCCCCCC(N)CO[P+](=O)OCC(N)CCCCCCCCCCCCCC. The summed E-state index contributed by atoms with van der Waals surface area (Å²) < 4.78 is 22.7. The summed E-state index contributed by atoms with van der Waals surface area (Å²) in [5.41, 5.74) is 12.3. The van der Waals surface area contributed by atoms with Crippen molar-refractivity contribution in [2.24, 2.45) is 11.5 Å². The molecule has 0 aliphatic rings. The van der Waals surface area contributed by atoms with Crippen LogP contribution in [-0.4, -0.2) is 25.3 Å². The van der Waals surface area contributed by atoms with Gasteiger partial charge in [-0.15, -0.1) is 9.05 Å². The number of unbranched alkanes of at least 4 members (excludes halogenated alkanes) is 22. The van der Waals surface area contributed by atoms with Crippen LogP contribution < -0.4 is 11.5 Å². The van der Waals surface area contributed by atoms with Gasteiger partial charge in [0.2, 0.25) is 0 Å². The predicted molar refractivity (Wildman–Crippen MR) is 167 cm³/mol. The van der Waals surface area contributed by atoms with Gasteiger partial charge in [-0.1, -0.05) is 168 Å². The second-order valence-electron chi connectivity index (χ2n) is 11.7. The molecule has 0 amide bonds. The zero-order chi connectivity index (χ0) is 27.9. The number of nitrogens with two attached hydrogens (primary N) is 2. The van der Waals surface area contributed by atoms with Crippen LogP contribution in [0.4, 0.5) is 0 Å². The largest absolute Gasteiger partial charge is 0.697 e. The van der Waals surface area contributed by atoms with Gasteiger partial charge in [0.15, 0.2) is 0 Å². The van der Waals surface area contributed by atoms with E-state index in [0.29, 0.717) is 13.2 Å². The second-order valence-corrected chi connectivity index (χ2v) is 12.7. The minimum atomic E-state index is -2.13. The van der Waals surface area contributed by atoms with Gasteiger partial charge < -0.3 is 11.5 Å². The molecule has 0 rings (SSSR count). The van der Waals surface area contributed by atoms with Crippen LogP contribution in [-0.2, 0) is 13.6 Å². The fraction of sp³-hybridized carbons (Fsp3) is 1.00. The molecule has 0 saturated heterocycles. The van der Waals surface area contributed by atoms with E-state index < -0.39 is 8.25 Å². The lowest BCUT2D eigenvalue weighted by Gasteiger charge is -2.09. The molecule has 4 N–H and O–H groups in total. The van der Waals surface area contributed by atoms with Crippen LogP contribution >= 0.6 is 8.25 Å². The minimum absolute atomic E-state index is 0.0737. The zero-order valence-corrected chi connectivity index (χ0v) is 26.7. The lowest BCUT2D eigenvalue weighted by atomic mass is 10.0. The molecule has 0 aromatic carbocycles. The smallest absolute Gasteiger partial charge is 0.326 e. The molecule has 0 aliphatic carbocycles. The Morgan fingerprint density at radius 1 is 0.447 bits per heavy atom. The van der Waals surface area contributed by atoms with Gasteiger partial charge in [0.1, 0.15) is 13.2 Å². The average Bonchev–Trinajstić information content (AvgIpc) is 2.92. The molecule has 2 atom stereocenters. The Labute approximate surface area is 239 Å². The van der Waals surface area contributed by atoms with E-state index in [-0.39, 0.29) is 12.1 Å². The van der Waals surface area contributed by atoms with Crippen LogP contribution in [0.5, 0.6) is 0 Å². The molecular formula is C32H68N2O3P+. The summed E-state index contributed by atoms with van der Waals surface area (Å²) in [6.45, 7) is 5.13. The minimum Gasteiger partial charge on any atom is -0.326 e. The third-order valence-corrected chi connectivity index (χ3v) is 8.36. The third kappa shape index (κ3) is 30.5. The van der Waals surface area contributed by atoms with Crippen molar-refractivity contribution >= 4 is 8.25 Å². The van der Waals surface area contributed by atoms with Gasteiger partial charge in [-0.25, -0.2) is 0 Å². The maximum absolute atomic E-state index is 12.0. The molecule has 0 heterocycles. The number of hydrogen-bond acceptors (Lipinski definition) is 5. The van der Waals surface area contributed by atoms with E-state index in [0.717, 1.165) is 25.7 Å². The van der Waals surface area contributed by atoms with Crippen molar-refractivity contribution in [3.05, 3.63) is 0 Å². The molecule has 0 aromatic rings. The first-order valence-electron chi connectivity index (χ1n) is 16.8. The molecule has 0 aromatic heterocycles. The molecule has 0 fully saturated rings. The standard InChI is InChI=1S/C32H68N2O3P/c1-3-5-7-9-11-13-15-17-19-21-23-25-27-31(33)29-36-38(35)37-30-32(34)28-26-24-22-20-18-16-14-12-10-8-6-4-2/h31-32H,3-30,33-34H2,1-2H3/q+1. The van der Waals surface area contributed by atoms with Crippen molar-refractivity contribution in [2.75, 3.05) is 13.2 Å². The summed E-state index contributed by atoms with van der Waals surface area (Å²) in [5.74, 6) is 0. The Balaban J connectivity index is 3.40. The van der Waals surface area contributed by atoms with E-state index in [9.17, 15) is 4.57 Å². The zero-order valence-electron chi connectivity index (χ0n) is 25.8. The van der Waals surface area contributed by atoms with Crippen LogP contribution in [0, 0.1) is 0 Å². The Bertz CT molecular complexity index is 442. The van der Waals surface area contributed by atoms with Crippen LogP contribution in [0.2, 0.25) is 0 Å². The first kappa shape index (κ1) is 37.9. The normalized spacial score (nSPS) is 13.6. The summed E-state index contributed by atoms with van der Waals surface area (Å²) in [5, 5.41) is 0. The molecule has 0 saturated carbocycles. The Morgan fingerprint density at radius 2 is 0.684 bits per heavy atom. The van der Waals surface area contributed by atoms with Crippen molar-refractivity contribution in [1.29, 1.82) is 0 Å². The van der Waals surface area contributed by atoms with Crippen molar-refractivity contribution in [3.8, 4) is 0 Å². The Hall–Kier alpha value is -0.0600. The van der Waals surface area contributed by atoms with Crippen LogP contribution in [0.1, 0.15) is 181 Å². The highest BCUT2D eigenvalue weighted by Gasteiger charge is 2.23. The Kier molecular flexibility index (Phi) is 31.4. The molecule has 5 nitrogen and oxygen atoms in total. The van der Waals surface area contributed by atoms with Crippen molar-refractivity contribution in [3.63, 3.8) is 0 Å². The Morgan fingerprint density at radius 3 is 0.947 bits per heavy atom. The van der Waals surface area contributed by atoms with Gasteiger partial charge in [-0.2, -0.15) is 0 Å². The van der Waals surface area contributed by atoms with E-state index in [1.54, 1.807) is 0 Å². The van der Waals surface area contributed by atoms with E-state index in [1.807, 2.05) is 0 Å². The van der Waals surface area contributed by atoms with Crippen LogP contribution in [0.15, 0.2) is 0 Å². The predicted octanol–water partition coefficient (Wildman–Crippen LogP) is 10.5. The second kappa shape index (κ2) is 31.5. The fourth-order valence-electron chi connectivity index (χ4n) is 5.01. The number of hydrogen-bond donors (Lipinski definition) is 2. The quantitative estimate of drug-likeness (QED) is 0.0632. The summed E-state index contributed by atoms with van der Waals surface area (Å²) >= 11 is 0. The highest BCUT2D eigenvalue weighted by Crippen LogP contribution is 2.25. The van der Waals surface area contributed by atoms with E-state index in [1.165, 1.54) is 141 Å². The first-order chi connectivity index (χ1) is 18.6. The van der Waals surface area contributed by atoms with Gasteiger partial charge in [-0.3, -0.25) is 0 Å². The highest BCUT2D eigenvalue weighted by atomic mass is 31.1. The van der Waals surface area contributed by atoms with E-state index in [2.05, 4.69) is 13.8 Å². The van der Waals surface area contributed by atoms with E-state index in [4.69, 9.17) is 20.5 Å². The molecule has 0 spiro atoms. The summed E-state index contributed by atoms with van der Waals surface area (Å²) in [4.78, 5) is 0. The highest BCUT2D eigenvalue weighted by molar-refractivity contribution is 7.33. The molecule has 6 heteroatoms. The molecule has 38 heavy (non-hydrogen) atoms. The molecule has 2 unspecified atom stereocenters. The average molecular weight is 560 g/mol.